The van der Waals surface area contributed by atoms with Crippen LogP contribution in [-0.2, 0) is 28.5 Å². The number of nitrogens with zero attached hydrogens (tertiary/aromatic N) is 1. The molecule has 1 amide bonds. The molecule has 1 unspecified atom stereocenters. The fraction of sp³-hybridized carbons (Fsp3) is 0.360. The molecule has 5 rings (SSSR count). The molecule has 3 aromatic rings. The number of halogens is 2. The number of nitrogens with one attached hydrogen (secondary N) is 1. The Hall–Kier alpha value is -2.54. The van der Waals surface area contributed by atoms with Gasteiger partial charge in [0.1, 0.15) is 5.69 Å². The number of ether oxygens (including phenoxy) is 1. The zero-order valence-corrected chi connectivity index (χ0v) is 19.7. The van der Waals surface area contributed by atoms with Crippen LogP contribution >= 0.6 is 23.2 Å². The van der Waals surface area contributed by atoms with Crippen LogP contribution in [-0.4, -0.2) is 34.8 Å². The molecule has 33 heavy (non-hydrogen) atoms. The molecule has 1 saturated carbocycles. The van der Waals surface area contributed by atoms with Gasteiger partial charge >= 0.3 is 5.97 Å². The lowest BCUT2D eigenvalue weighted by atomic mass is 9.88. The van der Waals surface area contributed by atoms with E-state index in [1.54, 1.807) is 12.1 Å². The van der Waals surface area contributed by atoms with E-state index >= 15 is 0 Å². The van der Waals surface area contributed by atoms with E-state index < -0.39 is 11.5 Å². The normalized spacial score (nSPS) is 20.3. The van der Waals surface area contributed by atoms with Gasteiger partial charge in [0, 0.05) is 25.5 Å². The van der Waals surface area contributed by atoms with Gasteiger partial charge in [-0.3, -0.25) is 9.59 Å². The second kappa shape index (κ2) is 8.35. The maximum Gasteiger partial charge on any atom is 0.307 e. The fourth-order valence-electron chi connectivity index (χ4n) is 4.80. The van der Waals surface area contributed by atoms with E-state index in [1.165, 1.54) is 0 Å². The van der Waals surface area contributed by atoms with Crippen molar-refractivity contribution in [3.05, 3.63) is 68.8 Å². The van der Waals surface area contributed by atoms with Crippen LogP contribution in [0.15, 0.2) is 36.4 Å². The first kappa shape index (κ1) is 22.3. The maximum atomic E-state index is 13.5. The molecular formula is C25H24Cl2N2O4. The van der Waals surface area contributed by atoms with Crippen molar-refractivity contribution in [2.75, 3.05) is 13.2 Å². The van der Waals surface area contributed by atoms with Gasteiger partial charge in [-0.15, -0.1) is 0 Å². The Balaban J connectivity index is 1.50. The van der Waals surface area contributed by atoms with Crippen LogP contribution in [0.3, 0.4) is 0 Å². The highest BCUT2D eigenvalue weighted by Gasteiger charge is 2.39. The van der Waals surface area contributed by atoms with Crippen molar-refractivity contribution in [2.24, 2.45) is 7.05 Å². The molecule has 2 aliphatic rings. The predicted molar refractivity (Wildman–Crippen MR) is 127 cm³/mol. The van der Waals surface area contributed by atoms with Crippen LogP contribution in [0.4, 0.5) is 0 Å². The lowest BCUT2D eigenvalue weighted by Crippen LogP contribution is -2.47. The van der Waals surface area contributed by atoms with Crippen molar-refractivity contribution >= 4 is 46.0 Å². The molecule has 2 heterocycles. The lowest BCUT2D eigenvalue weighted by Gasteiger charge is -2.29. The maximum absolute atomic E-state index is 13.5. The molecule has 1 aliphatic heterocycles. The number of carbonyl (C=O) groups excluding carboxylic acids is 1. The van der Waals surface area contributed by atoms with Gasteiger partial charge < -0.3 is 19.7 Å². The molecule has 0 bridgehead atoms. The van der Waals surface area contributed by atoms with Crippen molar-refractivity contribution in [2.45, 2.75) is 37.1 Å². The Labute approximate surface area is 201 Å². The van der Waals surface area contributed by atoms with Crippen molar-refractivity contribution in [3.63, 3.8) is 0 Å². The summed E-state index contributed by atoms with van der Waals surface area (Å²) >= 11 is 12.9. The Kier molecular flexibility index (Phi) is 5.63. The minimum Gasteiger partial charge on any atom is -0.481 e. The molecule has 172 valence electrons. The summed E-state index contributed by atoms with van der Waals surface area (Å²) in [4.78, 5) is 24.5. The van der Waals surface area contributed by atoms with Gasteiger partial charge in [0.05, 0.1) is 34.1 Å². The first-order valence-electron chi connectivity index (χ1n) is 11.0. The summed E-state index contributed by atoms with van der Waals surface area (Å²) in [6, 6.07) is 11.1. The number of carboxylic acid groups (broad SMARTS) is 1. The monoisotopic (exact) mass is 486 g/mol. The van der Waals surface area contributed by atoms with Gasteiger partial charge in [0.25, 0.3) is 5.91 Å². The third-order valence-electron chi connectivity index (χ3n) is 6.72. The molecule has 0 spiro atoms. The molecule has 0 radical (unpaired) electrons. The van der Waals surface area contributed by atoms with Crippen LogP contribution in [0.25, 0.3) is 10.9 Å². The van der Waals surface area contributed by atoms with Crippen LogP contribution in [0, 0.1) is 0 Å². The van der Waals surface area contributed by atoms with Crippen molar-refractivity contribution in [1.82, 2.24) is 9.88 Å². The van der Waals surface area contributed by atoms with E-state index in [2.05, 4.69) is 5.32 Å². The summed E-state index contributed by atoms with van der Waals surface area (Å²) in [7, 11) is 1.88. The quantitative estimate of drug-likeness (QED) is 0.511. The minimum atomic E-state index is -0.880. The average Bonchev–Trinajstić information content (AvgIpc) is 3.42. The lowest BCUT2D eigenvalue weighted by molar-refractivity contribution is -0.136. The SMILES string of the molecule is Cn1c(C(=O)NC2(c3ccc(CC(=O)O)cc3)CCOC2)cc2c(Cl)c(Cl)cc(C3CC3)c21. The zero-order chi connectivity index (χ0) is 23.3. The Morgan fingerprint density at radius 2 is 1.94 bits per heavy atom. The molecule has 1 atom stereocenters. The Bertz CT molecular complexity index is 1260. The van der Waals surface area contributed by atoms with Gasteiger partial charge in [-0.05, 0) is 47.6 Å². The van der Waals surface area contributed by atoms with Crippen molar-refractivity contribution < 1.29 is 19.4 Å². The smallest absolute Gasteiger partial charge is 0.307 e. The second-order valence-electron chi connectivity index (χ2n) is 8.99. The third-order valence-corrected chi connectivity index (χ3v) is 7.52. The molecule has 1 aliphatic carbocycles. The number of benzene rings is 2. The van der Waals surface area contributed by atoms with E-state index in [0.717, 1.165) is 34.9 Å². The van der Waals surface area contributed by atoms with Gasteiger partial charge in [-0.1, -0.05) is 47.5 Å². The molecule has 6 nitrogen and oxygen atoms in total. The number of carboxylic acids is 1. The predicted octanol–water partition coefficient (Wildman–Crippen LogP) is 5.04. The number of hydrogen-bond acceptors (Lipinski definition) is 3. The summed E-state index contributed by atoms with van der Waals surface area (Å²) < 4.78 is 7.58. The van der Waals surface area contributed by atoms with Crippen LogP contribution in [0.2, 0.25) is 10.0 Å². The first-order valence-corrected chi connectivity index (χ1v) is 11.7. The van der Waals surface area contributed by atoms with Crippen molar-refractivity contribution in [3.8, 4) is 0 Å². The summed E-state index contributed by atoms with van der Waals surface area (Å²) in [5, 5.41) is 14.0. The third kappa shape index (κ3) is 4.01. The van der Waals surface area contributed by atoms with E-state index in [9.17, 15) is 9.59 Å². The molecule has 1 aromatic heterocycles. The summed E-state index contributed by atoms with van der Waals surface area (Å²) in [5.74, 6) is -0.650. The average molecular weight is 487 g/mol. The van der Waals surface area contributed by atoms with Crippen LogP contribution in [0.5, 0.6) is 0 Å². The number of carbonyl (C=O) groups is 2. The second-order valence-corrected chi connectivity index (χ2v) is 9.78. The van der Waals surface area contributed by atoms with E-state index in [1.807, 2.05) is 35.9 Å². The summed E-state index contributed by atoms with van der Waals surface area (Å²) in [6.45, 7) is 0.875. The largest absolute Gasteiger partial charge is 0.481 e. The van der Waals surface area contributed by atoms with Gasteiger partial charge in [-0.25, -0.2) is 0 Å². The molecular weight excluding hydrogens is 463 g/mol. The zero-order valence-electron chi connectivity index (χ0n) is 18.2. The van der Waals surface area contributed by atoms with Gasteiger partial charge in [-0.2, -0.15) is 0 Å². The highest BCUT2D eigenvalue weighted by atomic mass is 35.5. The topological polar surface area (TPSA) is 80.6 Å². The fourth-order valence-corrected chi connectivity index (χ4v) is 5.22. The number of aliphatic carboxylic acids is 1. The number of aryl methyl sites for hydroxylation is 1. The highest BCUT2D eigenvalue weighted by molar-refractivity contribution is 6.45. The van der Waals surface area contributed by atoms with Gasteiger partial charge in [0.2, 0.25) is 0 Å². The Morgan fingerprint density at radius 3 is 2.55 bits per heavy atom. The number of amides is 1. The van der Waals surface area contributed by atoms with E-state index in [0.29, 0.717) is 46.9 Å². The van der Waals surface area contributed by atoms with Crippen molar-refractivity contribution in [1.29, 1.82) is 0 Å². The molecule has 2 fully saturated rings. The number of fused-ring (bicyclic) bond motifs is 1. The Morgan fingerprint density at radius 1 is 1.21 bits per heavy atom. The molecule has 8 heteroatoms. The summed E-state index contributed by atoms with van der Waals surface area (Å²) in [5.41, 5.74) is 3.50. The molecule has 2 N–H and O–H groups in total. The number of hydrogen-bond donors (Lipinski definition) is 2. The first-order chi connectivity index (χ1) is 15.8. The molecule has 2 aromatic carbocycles. The minimum absolute atomic E-state index is 0.0429. The van der Waals surface area contributed by atoms with E-state index in [4.69, 9.17) is 33.0 Å². The number of rotatable bonds is 6. The summed E-state index contributed by atoms with van der Waals surface area (Å²) in [6.07, 6.45) is 2.80. The van der Waals surface area contributed by atoms with Crippen LogP contribution in [0.1, 0.15) is 52.4 Å². The molecule has 1 saturated heterocycles. The van der Waals surface area contributed by atoms with E-state index in [-0.39, 0.29) is 12.3 Å². The standard InChI is InChI=1S/C25H24Cl2N2O4/c1-29-20(12-18-22(27)19(26)11-17(23(18)29)15-4-5-15)24(32)28-25(8-9-33-13-25)16-6-2-14(3-7-16)10-21(30)31/h2-3,6-7,11-12,15H,4-5,8-10,13H2,1H3,(H,28,32)(H,30,31). The number of aromatic nitrogens is 1. The highest BCUT2D eigenvalue weighted by Crippen LogP contribution is 2.47. The van der Waals surface area contributed by atoms with Crippen LogP contribution < -0.4 is 5.32 Å². The van der Waals surface area contributed by atoms with Gasteiger partial charge in [0.15, 0.2) is 0 Å².